The van der Waals surface area contributed by atoms with Gasteiger partial charge in [-0.25, -0.2) is 0 Å². The van der Waals surface area contributed by atoms with Crippen LogP contribution in [0.1, 0.15) is 12.5 Å². The summed E-state index contributed by atoms with van der Waals surface area (Å²) in [6, 6.07) is 8.15. The van der Waals surface area contributed by atoms with E-state index in [0.717, 1.165) is 18.8 Å². The average Bonchev–Trinajstić information content (AvgIpc) is 2.47. The molecule has 0 spiro atoms. The Kier molecular flexibility index (Phi) is 3.94. The van der Waals surface area contributed by atoms with Crippen LogP contribution in [0.4, 0.5) is 5.69 Å². The summed E-state index contributed by atoms with van der Waals surface area (Å²) < 4.78 is 5.25. The number of benzene rings is 1. The first kappa shape index (κ1) is 13.3. The van der Waals surface area contributed by atoms with Crippen LogP contribution in [0.2, 0.25) is 0 Å². The minimum Gasteiger partial charge on any atom is -0.495 e. The normalized spacial score (nSPS) is 22.4. The molecule has 1 aliphatic rings. The fourth-order valence-electron chi connectivity index (χ4n) is 2.29. The van der Waals surface area contributed by atoms with Crippen LogP contribution in [0.5, 0.6) is 5.75 Å². The van der Waals surface area contributed by atoms with Crippen molar-refractivity contribution in [1.82, 2.24) is 5.32 Å². The van der Waals surface area contributed by atoms with Gasteiger partial charge < -0.3 is 15.0 Å². The first-order valence-electron chi connectivity index (χ1n) is 6.24. The topological polar surface area (TPSA) is 48.3 Å². The van der Waals surface area contributed by atoms with Crippen molar-refractivity contribution < 1.29 is 4.74 Å². The number of hydrogen-bond acceptors (Lipinski definition) is 4. The maximum atomic E-state index is 9.00. The summed E-state index contributed by atoms with van der Waals surface area (Å²) in [6.45, 7) is 3.74. The van der Waals surface area contributed by atoms with E-state index in [2.05, 4.69) is 29.1 Å². The van der Waals surface area contributed by atoms with E-state index in [1.165, 1.54) is 0 Å². The highest BCUT2D eigenvalue weighted by atomic mass is 16.5. The van der Waals surface area contributed by atoms with Crippen LogP contribution in [0, 0.1) is 23.7 Å². The predicted molar refractivity (Wildman–Crippen MR) is 75.1 cm³/mol. The number of nitriles is 1. The second-order valence-electron chi connectivity index (χ2n) is 4.63. The Morgan fingerprint density at radius 2 is 2.32 bits per heavy atom. The lowest BCUT2D eigenvalue weighted by Crippen LogP contribution is -2.55. The predicted octanol–water partition coefficient (Wildman–Crippen LogP) is 1.37. The zero-order valence-corrected chi connectivity index (χ0v) is 11.2. The quantitative estimate of drug-likeness (QED) is 0.811. The van der Waals surface area contributed by atoms with E-state index in [1.807, 2.05) is 12.1 Å². The lowest BCUT2D eigenvalue weighted by molar-refractivity contribution is 0.412. The molecule has 0 aliphatic carbocycles. The molecule has 1 aromatic carbocycles. The molecule has 0 bridgehead atoms. The van der Waals surface area contributed by atoms with Crippen LogP contribution in [-0.4, -0.2) is 32.3 Å². The van der Waals surface area contributed by atoms with E-state index in [4.69, 9.17) is 16.4 Å². The minimum absolute atomic E-state index is 0.0536. The van der Waals surface area contributed by atoms with Gasteiger partial charge in [-0.05, 0) is 19.1 Å². The van der Waals surface area contributed by atoms with Gasteiger partial charge in [-0.2, -0.15) is 5.26 Å². The summed E-state index contributed by atoms with van der Waals surface area (Å²) in [7, 11) is 1.57. The first-order valence-corrected chi connectivity index (χ1v) is 6.24. The van der Waals surface area contributed by atoms with Crippen LogP contribution in [0.3, 0.4) is 0 Å². The molecule has 1 fully saturated rings. The molecule has 4 heteroatoms. The number of rotatable bonds is 2. The number of methoxy groups -OCH3 is 1. The fourth-order valence-corrected chi connectivity index (χ4v) is 2.29. The molecule has 2 rings (SSSR count). The third kappa shape index (κ3) is 2.65. The Morgan fingerprint density at radius 1 is 1.53 bits per heavy atom. The number of anilines is 1. The Labute approximate surface area is 114 Å². The molecular formula is C15H17N3O. The van der Waals surface area contributed by atoms with E-state index in [1.54, 1.807) is 13.2 Å². The van der Waals surface area contributed by atoms with E-state index in [-0.39, 0.29) is 6.04 Å². The van der Waals surface area contributed by atoms with E-state index < -0.39 is 0 Å². The summed E-state index contributed by atoms with van der Waals surface area (Å²) in [5.41, 5.74) is 1.58. The van der Waals surface area contributed by atoms with E-state index in [9.17, 15) is 0 Å². The van der Waals surface area contributed by atoms with Gasteiger partial charge in [-0.3, -0.25) is 0 Å². The van der Waals surface area contributed by atoms with Crippen LogP contribution in [0.15, 0.2) is 18.2 Å². The van der Waals surface area contributed by atoms with Crippen molar-refractivity contribution in [1.29, 1.82) is 5.26 Å². The van der Waals surface area contributed by atoms with Gasteiger partial charge in [0.05, 0.1) is 18.7 Å². The Morgan fingerprint density at radius 3 is 2.95 bits per heavy atom. The second-order valence-corrected chi connectivity index (χ2v) is 4.63. The van der Waals surface area contributed by atoms with Gasteiger partial charge >= 0.3 is 0 Å². The Hall–Kier alpha value is -2.17. The molecule has 0 saturated carbocycles. The molecule has 4 nitrogen and oxygen atoms in total. The minimum atomic E-state index is 0.0536. The van der Waals surface area contributed by atoms with Crippen molar-refractivity contribution in [3.8, 4) is 24.2 Å². The van der Waals surface area contributed by atoms with Crippen LogP contribution < -0.4 is 15.0 Å². The van der Waals surface area contributed by atoms with Crippen LogP contribution >= 0.6 is 0 Å². The third-order valence-corrected chi connectivity index (χ3v) is 3.41. The van der Waals surface area contributed by atoms with Gasteiger partial charge in [-0.15, -0.1) is 6.42 Å². The van der Waals surface area contributed by atoms with Gasteiger partial charge in [-0.1, -0.05) is 5.92 Å². The zero-order valence-electron chi connectivity index (χ0n) is 11.2. The van der Waals surface area contributed by atoms with Crippen molar-refractivity contribution in [3.63, 3.8) is 0 Å². The molecule has 0 unspecified atom stereocenters. The molecule has 0 amide bonds. The number of terminal acetylenes is 1. The number of piperazine rings is 1. The Balaban J connectivity index is 2.30. The molecule has 1 N–H and O–H groups in total. The van der Waals surface area contributed by atoms with Crippen molar-refractivity contribution >= 4 is 5.69 Å². The maximum absolute atomic E-state index is 9.00. The van der Waals surface area contributed by atoms with Crippen LogP contribution in [-0.2, 0) is 0 Å². The number of ether oxygens (including phenoxy) is 1. The standard InChI is InChI=1S/C15H17N3O/c1-4-13-10-18(11(2)9-17-13)14-6-5-12(8-16)15(7-14)19-3/h1,5-7,11,13,17H,9-10H2,2-3H3/t11-,13+/m0/s1. The molecule has 1 saturated heterocycles. The largest absolute Gasteiger partial charge is 0.495 e. The van der Waals surface area contributed by atoms with Gasteiger partial charge in [0.15, 0.2) is 0 Å². The van der Waals surface area contributed by atoms with Crippen molar-refractivity contribution in [2.75, 3.05) is 25.1 Å². The van der Waals surface area contributed by atoms with Crippen molar-refractivity contribution in [3.05, 3.63) is 23.8 Å². The highest BCUT2D eigenvalue weighted by Crippen LogP contribution is 2.27. The molecule has 0 aromatic heterocycles. The maximum Gasteiger partial charge on any atom is 0.138 e. The van der Waals surface area contributed by atoms with Gasteiger partial charge in [0.25, 0.3) is 0 Å². The highest BCUT2D eigenvalue weighted by Gasteiger charge is 2.24. The molecule has 2 atom stereocenters. The lowest BCUT2D eigenvalue weighted by atomic mass is 10.1. The average molecular weight is 255 g/mol. The van der Waals surface area contributed by atoms with Gasteiger partial charge in [0.1, 0.15) is 11.8 Å². The molecule has 19 heavy (non-hydrogen) atoms. The van der Waals surface area contributed by atoms with Crippen molar-refractivity contribution in [2.45, 2.75) is 19.0 Å². The fraction of sp³-hybridized carbons (Fsp3) is 0.400. The molecular weight excluding hydrogens is 238 g/mol. The Bertz CT molecular complexity index is 541. The smallest absolute Gasteiger partial charge is 0.138 e. The molecule has 1 aliphatic heterocycles. The van der Waals surface area contributed by atoms with Crippen LogP contribution in [0.25, 0.3) is 0 Å². The number of hydrogen-bond donors (Lipinski definition) is 1. The van der Waals surface area contributed by atoms with Crippen molar-refractivity contribution in [2.24, 2.45) is 0 Å². The number of nitrogens with one attached hydrogen (secondary N) is 1. The monoisotopic (exact) mass is 255 g/mol. The summed E-state index contributed by atoms with van der Waals surface area (Å²) >= 11 is 0. The molecule has 1 heterocycles. The lowest BCUT2D eigenvalue weighted by Gasteiger charge is -2.38. The zero-order chi connectivity index (χ0) is 13.8. The molecule has 0 radical (unpaired) electrons. The molecule has 1 aromatic rings. The summed E-state index contributed by atoms with van der Waals surface area (Å²) in [6.07, 6.45) is 5.48. The third-order valence-electron chi connectivity index (χ3n) is 3.41. The summed E-state index contributed by atoms with van der Waals surface area (Å²) in [4.78, 5) is 2.24. The van der Waals surface area contributed by atoms with Gasteiger partial charge in [0.2, 0.25) is 0 Å². The SMILES string of the molecule is C#C[C@@H]1CN(c2ccc(C#N)c(OC)c2)[C@@H](C)CN1. The number of nitrogens with zero attached hydrogens (tertiary/aromatic N) is 2. The first-order chi connectivity index (χ1) is 9.19. The highest BCUT2D eigenvalue weighted by molar-refractivity contribution is 5.58. The summed E-state index contributed by atoms with van der Waals surface area (Å²) in [5.74, 6) is 3.34. The van der Waals surface area contributed by atoms with E-state index >= 15 is 0 Å². The summed E-state index contributed by atoms with van der Waals surface area (Å²) in [5, 5.41) is 12.3. The second kappa shape index (κ2) is 5.65. The molecule has 98 valence electrons. The van der Waals surface area contributed by atoms with E-state index in [0.29, 0.717) is 17.4 Å². The van der Waals surface area contributed by atoms with Gasteiger partial charge in [0, 0.05) is 30.9 Å².